The summed E-state index contributed by atoms with van der Waals surface area (Å²) in [6.07, 6.45) is 24.8. The normalized spacial score (nSPS) is 25.2. The molecule has 1 saturated carbocycles. The zero-order valence-corrected chi connectivity index (χ0v) is 74.2. The highest BCUT2D eigenvalue weighted by Gasteiger charge is 2.54. The van der Waals surface area contributed by atoms with Crippen molar-refractivity contribution in [2.45, 2.75) is 180 Å². The van der Waals surface area contributed by atoms with Crippen LogP contribution in [-0.4, -0.2) is 78.9 Å². The summed E-state index contributed by atoms with van der Waals surface area (Å²) in [6, 6.07) is 54.4. The van der Waals surface area contributed by atoms with Crippen molar-refractivity contribution in [3.63, 3.8) is 0 Å². The summed E-state index contributed by atoms with van der Waals surface area (Å²) in [5.74, 6) is 1.07. The predicted molar refractivity (Wildman–Crippen MR) is 500 cm³/mol. The summed E-state index contributed by atoms with van der Waals surface area (Å²) in [7, 11) is 0. The Labute approximate surface area is 753 Å². The van der Waals surface area contributed by atoms with E-state index in [1.165, 1.54) is 6.42 Å². The third-order valence-corrected chi connectivity index (χ3v) is 29.2. The second kappa shape index (κ2) is 35.6. The molecule has 1 fully saturated rings. The molecule has 9 aliphatic carbocycles. The topological polar surface area (TPSA) is 270 Å². The number of rotatable bonds is 8. The summed E-state index contributed by atoms with van der Waals surface area (Å²) < 4.78 is 0. The summed E-state index contributed by atoms with van der Waals surface area (Å²) in [4.78, 5) is 127. The maximum absolute atomic E-state index is 13.1. The van der Waals surface area contributed by atoms with Gasteiger partial charge in [-0.25, -0.2) is 59.3 Å². The molecule has 3 N–H and O–H groups in total. The number of aryl methyl sites for hydroxylation is 1. The van der Waals surface area contributed by atoms with Gasteiger partial charge in [-0.1, -0.05) is 238 Å². The maximum atomic E-state index is 13.1. The number of carbonyl (C=O) groups is 5. The molecule has 0 spiro atoms. The number of Topliss-reactive ketones (excluding diaryl/α,β-unsaturated/α-hetero) is 4. The molecular weight excluding hydrogens is 1600 g/mol. The van der Waals surface area contributed by atoms with Crippen molar-refractivity contribution in [1.82, 2.24) is 49.8 Å². The molecule has 11 aromatic rings. The van der Waals surface area contributed by atoms with E-state index in [-0.39, 0.29) is 111 Å². The number of nitrogens with two attached hydrogens (primary N) is 1. The van der Waals surface area contributed by atoms with Gasteiger partial charge >= 0.3 is 0 Å². The fourth-order valence-electron chi connectivity index (χ4n) is 22.6. The number of anilines is 2. The van der Waals surface area contributed by atoms with Gasteiger partial charge < -0.3 is 24.9 Å². The van der Waals surface area contributed by atoms with Crippen LogP contribution in [0.5, 0.6) is 0 Å². The highest BCUT2D eigenvalue weighted by molar-refractivity contribution is 6.03. The zero-order valence-electron chi connectivity index (χ0n) is 74.2. The van der Waals surface area contributed by atoms with Gasteiger partial charge in [-0.2, -0.15) is 0 Å². The lowest BCUT2D eigenvalue weighted by Gasteiger charge is -2.46. The summed E-state index contributed by atoms with van der Waals surface area (Å²) in [6.45, 7) is 48.5. The first-order valence-corrected chi connectivity index (χ1v) is 45.1. The number of hydrogen-bond donors (Lipinski definition) is 2. The molecule has 6 aromatic heterocycles. The van der Waals surface area contributed by atoms with Crippen LogP contribution in [0.25, 0.3) is 98.1 Å². The maximum Gasteiger partial charge on any atom is 0.230 e. The van der Waals surface area contributed by atoms with E-state index in [1.54, 1.807) is 12.4 Å². The number of allylic oxidation sites excluding steroid dienone is 8. The first kappa shape index (κ1) is 86.9. The van der Waals surface area contributed by atoms with Crippen LogP contribution in [0, 0.1) is 86.5 Å². The first-order chi connectivity index (χ1) is 62.3. The minimum atomic E-state index is -0.572. The molecule has 644 valence electrons. The molecule has 12 atom stereocenters. The van der Waals surface area contributed by atoms with Crippen molar-refractivity contribution in [2.75, 3.05) is 11.1 Å². The first-order valence-electron chi connectivity index (χ1n) is 45.1. The van der Waals surface area contributed by atoms with Crippen molar-refractivity contribution in [1.29, 1.82) is 0 Å². The zero-order chi connectivity index (χ0) is 90.4. The average Bonchev–Trinajstić information content (AvgIpc) is 1.55. The van der Waals surface area contributed by atoms with E-state index in [1.807, 2.05) is 192 Å². The number of pyridine rings is 2. The van der Waals surface area contributed by atoms with Gasteiger partial charge in [0.1, 0.15) is 0 Å². The van der Waals surface area contributed by atoms with E-state index in [9.17, 15) is 24.0 Å². The number of nitrogens with one attached hydrogen (secondary N) is 1. The van der Waals surface area contributed by atoms with Crippen LogP contribution in [-0.2, 0) is 71.3 Å². The number of benzene rings is 5. The minimum Gasteiger partial charge on any atom is -0.368 e. The third-order valence-electron chi connectivity index (χ3n) is 29.2. The molecule has 0 bridgehead atoms. The Hall–Kier alpha value is -14.2. The van der Waals surface area contributed by atoms with Crippen molar-refractivity contribution in [2.24, 2.45) is 53.3 Å². The highest BCUT2D eigenvalue weighted by atomic mass is 16.2. The summed E-state index contributed by atoms with van der Waals surface area (Å²) in [5, 5.41) is 4.02. The quantitative estimate of drug-likeness (QED) is 0.134. The Morgan fingerprint density at radius 3 is 1.22 bits per heavy atom. The SMILES string of the molecule is [C-]#[N+]C1=C[C@@]2(C)c3nc(-c4cccc5ncccc45)nc(-c4ccccc4)c3CCC[C@@H]2[C@@H](C)C1=O.[C-]#[N+]C1=C[C@@]2(C)c3nc(-c4ccnc(C)c4)nc(-c4ccccc4)c3CCC[C@@H]2[C@@H](C)C1=O.[C-]#[N+]C1=C[C@@]2(C)c3nc(N)nc(-c4ccccc4)c3CC[C@@H]2[C@@H](C)C1=O.[C-]#[N+]C1=C[C@@]2(C)c3nc(NC(=O)C4CCCCC4)nc(-c4ccccc4)c3CC[C@@H]2[C@@H](C)C1=O. The molecule has 1 amide bonds. The fourth-order valence-corrected chi connectivity index (χ4v) is 22.6. The second-order valence-corrected chi connectivity index (χ2v) is 36.9. The van der Waals surface area contributed by atoms with Crippen LogP contribution < -0.4 is 11.1 Å². The highest BCUT2D eigenvalue weighted by Crippen LogP contribution is 2.56. The summed E-state index contributed by atoms with van der Waals surface area (Å²) >= 11 is 0. The van der Waals surface area contributed by atoms with E-state index in [0.717, 1.165) is 208 Å². The van der Waals surface area contributed by atoms with Crippen molar-refractivity contribution in [3.8, 4) is 67.8 Å². The third kappa shape index (κ3) is 15.9. The lowest BCUT2D eigenvalue weighted by atomic mass is 9.58. The van der Waals surface area contributed by atoms with E-state index in [0.29, 0.717) is 17.6 Å². The van der Waals surface area contributed by atoms with Gasteiger partial charge in [0.15, 0.2) is 34.8 Å². The smallest absolute Gasteiger partial charge is 0.230 e. The van der Waals surface area contributed by atoms with Gasteiger partial charge in [0.2, 0.25) is 40.6 Å². The molecular formula is C108H102N16O5. The predicted octanol–water partition coefficient (Wildman–Crippen LogP) is 21.4. The Balaban J connectivity index is 0.000000121. The van der Waals surface area contributed by atoms with Crippen molar-refractivity contribution >= 4 is 51.8 Å². The molecule has 21 nitrogen and oxygen atoms in total. The van der Waals surface area contributed by atoms with Crippen molar-refractivity contribution < 1.29 is 24.0 Å². The Morgan fingerprint density at radius 1 is 0.388 bits per heavy atom. The minimum absolute atomic E-state index is 0.00201. The average molecular weight is 1700 g/mol. The van der Waals surface area contributed by atoms with Crippen LogP contribution in [0.3, 0.4) is 0 Å². The van der Waals surface area contributed by atoms with E-state index < -0.39 is 21.7 Å². The molecule has 21 heteroatoms. The number of ketones is 4. The van der Waals surface area contributed by atoms with Gasteiger partial charge in [0.25, 0.3) is 0 Å². The monoisotopic (exact) mass is 1700 g/mol. The molecule has 0 unspecified atom stereocenters. The van der Waals surface area contributed by atoms with Crippen molar-refractivity contribution in [3.05, 3.63) is 320 Å². The number of hydrogen-bond acceptors (Lipinski definition) is 16. The molecule has 20 rings (SSSR count). The molecule has 129 heavy (non-hydrogen) atoms. The molecule has 0 radical (unpaired) electrons. The number of carbonyl (C=O) groups excluding carboxylic acids is 5. The second-order valence-electron chi connectivity index (χ2n) is 36.9. The number of aromatic nitrogens is 10. The standard InChI is InChI=1S/C31H26N4O.C28H30N4O2.C28H26N4O.C21H20N4O/c1-19-24-15-7-13-23-27(20-10-5-4-6-11-20)34-30(22-12-8-16-25-21(22)14-9-17-33-25)35-29(23)31(24,2)18-26(32-3)28(19)36;1-17-21-15-14-20-23(18-10-6-4-7-11-18)30-27(32-26(34)19-12-8-5-9-13-19)31-25(20)28(21,2)16-22(29-3)24(17)33;1-17-15-20(13-14-30-17)27-31-24(19-9-6-5-7-10-19)21-11-8-12-22-18(2)25(33)23(29-4)16-28(22,3)26(21)32-27;1-12-15-10-9-14-17(13-7-5-4-6-8-13)24-20(22)25-19(14)21(15,2)11-16(23-3)18(12)26/h4-6,8-12,14,16-19,24H,7,13,15H2,1-2H3;4,6-7,10-11,16-17,19,21H,5,8-9,12-15H2,1-2H3,(H,30,31,32,34);5-7,9-10,13-16,18,22H,8,11-12H2,1-3H3;4-8,11-12,15H,9-10H2,1-2H3,(H2,22,24,25)/t19-,24-,31-;17-,21-,28-;18-,22-,28-;12-,15-,21-/m1111/s1. The van der Waals surface area contributed by atoms with Crippen LogP contribution in [0.1, 0.15) is 177 Å². The fraction of sp³-hybridized carbons (Fsp3) is 0.343. The Bertz CT molecular complexity index is 6670. The van der Waals surface area contributed by atoms with Gasteiger partial charge in [-0.05, 0) is 132 Å². The van der Waals surface area contributed by atoms with Crippen LogP contribution in [0.15, 0.2) is 223 Å². The van der Waals surface area contributed by atoms with Crippen LogP contribution in [0.4, 0.5) is 11.9 Å². The van der Waals surface area contributed by atoms with E-state index in [2.05, 4.69) is 103 Å². The van der Waals surface area contributed by atoms with E-state index >= 15 is 0 Å². The lowest BCUT2D eigenvalue weighted by Crippen LogP contribution is -2.46. The van der Waals surface area contributed by atoms with Gasteiger partial charge in [0, 0.05) is 130 Å². The molecule has 0 aliphatic heterocycles. The van der Waals surface area contributed by atoms with Crippen LogP contribution >= 0.6 is 0 Å². The Kier molecular flexibility index (Phi) is 24.0. The van der Waals surface area contributed by atoms with Gasteiger partial charge in [-0.15, -0.1) is 0 Å². The molecule has 0 saturated heterocycles. The van der Waals surface area contributed by atoms with E-state index in [4.69, 9.17) is 61.9 Å². The number of nitrogens with zero attached hydrogens (tertiary/aromatic N) is 14. The lowest BCUT2D eigenvalue weighted by molar-refractivity contribution is -0.122. The largest absolute Gasteiger partial charge is 0.368 e. The van der Waals surface area contributed by atoms with Gasteiger partial charge in [0.05, 0.1) is 77.4 Å². The number of amides is 1. The molecule has 9 aliphatic rings. The number of nitrogen functional groups attached to an aromatic ring is 1. The van der Waals surface area contributed by atoms with Crippen LogP contribution in [0.2, 0.25) is 0 Å². The molecule has 6 heterocycles. The molecule has 5 aromatic carbocycles. The Morgan fingerprint density at radius 2 is 0.783 bits per heavy atom. The van der Waals surface area contributed by atoms with Gasteiger partial charge in [-0.3, -0.25) is 20.1 Å². The number of fused-ring (bicyclic) bond motifs is 13. The summed E-state index contributed by atoms with van der Waals surface area (Å²) in [5.41, 5.74) is 24.0.